The van der Waals surface area contributed by atoms with Crippen molar-refractivity contribution >= 4 is 16.1 Å². The molecule has 0 N–H and O–H groups in total. The highest BCUT2D eigenvalue weighted by Gasteiger charge is 2.49. The molecule has 4 nitrogen and oxygen atoms in total. The van der Waals surface area contributed by atoms with Crippen molar-refractivity contribution in [3.05, 3.63) is 30.3 Å². The topological polar surface area (TPSA) is 63.7 Å². The molecule has 0 amide bonds. The van der Waals surface area contributed by atoms with Crippen molar-refractivity contribution in [2.45, 2.75) is 16.4 Å². The number of hydrogen-bond acceptors (Lipinski definition) is 4. The summed E-state index contributed by atoms with van der Waals surface area (Å²) in [6.45, 7) is 0. The van der Waals surface area contributed by atoms with E-state index in [4.69, 9.17) is 4.74 Å². The lowest BCUT2D eigenvalue weighted by atomic mass is 10.4. The van der Waals surface area contributed by atoms with Crippen LogP contribution in [0.4, 0.5) is 0 Å². The van der Waals surface area contributed by atoms with Gasteiger partial charge >= 0.3 is 0 Å². The summed E-state index contributed by atoms with van der Waals surface area (Å²) in [5.41, 5.74) is -0.984. The smallest absolute Gasteiger partial charge is 0.208 e. The maximum absolute atomic E-state index is 11.7. The number of epoxide rings is 1. The molecule has 1 aliphatic heterocycles. The van der Waals surface area contributed by atoms with E-state index in [1.54, 1.807) is 18.2 Å². The van der Waals surface area contributed by atoms with Gasteiger partial charge in [-0.25, -0.2) is 8.42 Å². The van der Waals surface area contributed by atoms with Crippen molar-refractivity contribution in [2.75, 3.05) is 0 Å². The molecule has 1 saturated heterocycles. The lowest BCUT2D eigenvalue weighted by Crippen LogP contribution is -2.11. The van der Waals surface area contributed by atoms with E-state index in [9.17, 15) is 13.2 Å². The minimum atomic E-state index is -3.48. The Balaban J connectivity index is 2.31. The average molecular weight is 212 g/mol. The summed E-state index contributed by atoms with van der Waals surface area (Å²) in [6, 6.07) is 7.96. The number of ether oxygens (including phenoxy) is 1. The molecular weight excluding hydrogens is 204 g/mol. The maximum atomic E-state index is 11.7. The highest BCUT2D eigenvalue weighted by Crippen LogP contribution is 2.30. The lowest BCUT2D eigenvalue weighted by molar-refractivity contribution is -0.108. The van der Waals surface area contributed by atoms with Crippen LogP contribution in [-0.2, 0) is 19.4 Å². The number of benzene rings is 1. The second-order valence-electron chi connectivity index (χ2n) is 2.96. The fraction of sp³-hybridized carbons (Fsp3) is 0.222. The zero-order valence-corrected chi connectivity index (χ0v) is 7.98. The number of hydrogen-bond donors (Lipinski definition) is 0. The van der Waals surface area contributed by atoms with Gasteiger partial charge in [0.05, 0.1) is 4.90 Å². The number of carbonyl (C=O) groups is 1. The molecule has 0 aromatic heterocycles. The van der Waals surface area contributed by atoms with Crippen molar-refractivity contribution in [3.8, 4) is 0 Å². The van der Waals surface area contributed by atoms with Crippen LogP contribution in [0.3, 0.4) is 0 Å². The molecule has 5 heteroatoms. The Morgan fingerprint density at radius 3 is 2.36 bits per heavy atom. The number of rotatable bonds is 3. The van der Waals surface area contributed by atoms with Crippen LogP contribution in [0.1, 0.15) is 0 Å². The molecule has 0 aliphatic carbocycles. The SMILES string of the molecule is O=C[C@H]1O[C@@H]1S(=O)(=O)c1ccccc1. The highest BCUT2D eigenvalue weighted by molar-refractivity contribution is 7.92. The van der Waals surface area contributed by atoms with Crippen molar-refractivity contribution in [3.63, 3.8) is 0 Å². The largest absolute Gasteiger partial charge is 0.344 e. The minimum absolute atomic E-state index is 0.189. The maximum Gasteiger partial charge on any atom is 0.208 e. The van der Waals surface area contributed by atoms with Crippen molar-refractivity contribution < 1.29 is 17.9 Å². The molecular formula is C9H8O4S. The average Bonchev–Trinajstić information content (AvgIpc) is 2.98. The van der Waals surface area contributed by atoms with Crippen LogP contribution in [-0.4, -0.2) is 26.2 Å². The Hall–Kier alpha value is -1.20. The summed E-state index contributed by atoms with van der Waals surface area (Å²) in [5.74, 6) is 0. The molecule has 0 spiro atoms. The molecule has 1 aliphatic rings. The van der Waals surface area contributed by atoms with Crippen molar-refractivity contribution in [1.82, 2.24) is 0 Å². The molecule has 0 saturated carbocycles. The Bertz CT molecular complexity index is 437. The first kappa shape index (κ1) is 9.36. The fourth-order valence-electron chi connectivity index (χ4n) is 1.20. The lowest BCUT2D eigenvalue weighted by Gasteiger charge is -1.98. The zero-order valence-electron chi connectivity index (χ0n) is 7.16. The van der Waals surface area contributed by atoms with Gasteiger partial charge in [-0.15, -0.1) is 0 Å². The molecule has 0 bridgehead atoms. The first-order chi connectivity index (χ1) is 6.66. The molecule has 14 heavy (non-hydrogen) atoms. The van der Waals surface area contributed by atoms with Gasteiger partial charge in [-0.1, -0.05) is 18.2 Å². The van der Waals surface area contributed by atoms with Gasteiger partial charge in [0.25, 0.3) is 0 Å². The minimum Gasteiger partial charge on any atom is -0.344 e. The van der Waals surface area contributed by atoms with Crippen LogP contribution < -0.4 is 0 Å². The van der Waals surface area contributed by atoms with Gasteiger partial charge in [0.15, 0.2) is 17.8 Å². The molecule has 1 fully saturated rings. The van der Waals surface area contributed by atoms with Gasteiger partial charge in [-0.05, 0) is 12.1 Å². The van der Waals surface area contributed by atoms with Gasteiger partial charge < -0.3 is 9.53 Å². The Morgan fingerprint density at radius 1 is 1.21 bits per heavy atom. The van der Waals surface area contributed by atoms with Crippen LogP contribution in [0.5, 0.6) is 0 Å². The van der Waals surface area contributed by atoms with Crippen LogP contribution in [0.25, 0.3) is 0 Å². The summed E-state index contributed by atoms with van der Waals surface area (Å²) < 4.78 is 28.1. The Kier molecular flexibility index (Phi) is 2.13. The van der Waals surface area contributed by atoms with Crippen LogP contribution in [0.15, 0.2) is 35.2 Å². The quantitative estimate of drug-likeness (QED) is 0.537. The van der Waals surface area contributed by atoms with E-state index in [2.05, 4.69) is 0 Å². The standard InChI is InChI=1S/C9H8O4S/c10-6-8-9(13-8)14(11,12)7-4-2-1-3-5-7/h1-6,8-9H/t8-,9-/m1/s1. The van der Waals surface area contributed by atoms with Gasteiger partial charge in [0.2, 0.25) is 9.84 Å². The zero-order chi connectivity index (χ0) is 10.2. The second-order valence-corrected chi connectivity index (χ2v) is 4.99. The van der Waals surface area contributed by atoms with E-state index in [0.717, 1.165) is 0 Å². The molecule has 1 aromatic carbocycles. The molecule has 1 heterocycles. The Labute approximate surface area is 81.4 Å². The first-order valence-electron chi connectivity index (χ1n) is 4.06. The van der Waals surface area contributed by atoms with Gasteiger partial charge in [-0.3, -0.25) is 0 Å². The Morgan fingerprint density at radius 2 is 1.86 bits per heavy atom. The predicted molar refractivity (Wildman–Crippen MR) is 48.4 cm³/mol. The number of sulfone groups is 1. The summed E-state index contributed by atoms with van der Waals surface area (Å²) in [7, 11) is -3.48. The summed E-state index contributed by atoms with van der Waals surface area (Å²) in [4.78, 5) is 10.5. The van der Waals surface area contributed by atoms with E-state index in [-0.39, 0.29) is 4.90 Å². The van der Waals surface area contributed by atoms with Gasteiger partial charge in [0, 0.05) is 0 Å². The molecule has 2 atom stereocenters. The van der Waals surface area contributed by atoms with Crippen molar-refractivity contribution in [2.24, 2.45) is 0 Å². The van der Waals surface area contributed by atoms with Gasteiger partial charge in [0.1, 0.15) is 0 Å². The molecule has 0 unspecified atom stereocenters. The summed E-state index contributed by atoms with van der Waals surface area (Å²) >= 11 is 0. The highest BCUT2D eigenvalue weighted by atomic mass is 32.2. The molecule has 0 radical (unpaired) electrons. The van der Waals surface area contributed by atoms with E-state index in [1.165, 1.54) is 12.1 Å². The van der Waals surface area contributed by atoms with E-state index in [0.29, 0.717) is 6.29 Å². The van der Waals surface area contributed by atoms with Crippen LogP contribution >= 0.6 is 0 Å². The van der Waals surface area contributed by atoms with E-state index < -0.39 is 21.4 Å². The van der Waals surface area contributed by atoms with Crippen LogP contribution in [0.2, 0.25) is 0 Å². The third-order valence-corrected chi connectivity index (χ3v) is 3.91. The van der Waals surface area contributed by atoms with E-state index >= 15 is 0 Å². The monoisotopic (exact) mass is 212 g/mol. The molecule has 74 valence electrons. The van der Waals surface area contributed by atoms with Crippen LogP contribution in [0, 0.1) is 0 Å². The third kappa shape index (κ3) is 1.44. The number of aldehydes is 1. The second kappa shape index (κ2) is 3.18. The third-order valence-electron chi connectivity index (χ3n) is 1.99. The van der Waals surface area contributed by atoms with Crippen molar-refractivity contribution in [1.29, 1.82) is 0 Å². The predicted octanol–water partition coefficient (Wildman–Crippen LogP) is 0.384. The normalized spacial score (nSPS) is 25.7. The van der Waals surface area contributed by atoms with E-state index in [1.807, 2.05) is 0 Å². The fourth-order valence-corrected chi connectivity index (χ4v) is 2.70. The van der Waals surface area contributed by atoms with Gasteiger partial charge in [-0.2, -0.15) is 0 Å². The number of carbonyl (C=O) groups excluding carboxylic acids is 1. The summed E-state index contributed by atoms with van der Waals surface area (Å²) in [5, 5.41) is 0. The molecule has 2 rings (SSSR count). The molecule has 1 aromatic rings. The summed E-state index contributed by atoms with van der Waals surface area (Å²) in [6.07, 6.45) is -0.286. The first-order valence-corrected chi connectivity index (χ1v) is 5.60.